The van der Waals surface area contributed by atoms with Gasteiger partial charge in [0.25, 0.3) is 0 Å². The Balaban J connectivity index is 2.11. The molecule has 1 nitrogen and oxygen atoms in total. The maximum atomic E-state index is 6.20. The quantitative estimate of drug-likeness (QED) is 0.723. The van der Waals surface area contributed by atoms with Crippen LogP contribution >= 0.6 is 11.6 Å². The third-order valence-electron chi connectivity index (χ3n) is 3.68. The van der Waals surface area contributed by atoms with Gasteiger partial charge in [0.15, 0.2) is 0 Å². The molecule has 0 aromatic heterocycles. The number of hydrogen-bond acceptors (Lipinski definition) is 1. The predicted octanol–water partition coefficient (Wildman–Crippen LogP) is 4.03. The van der Waals surface area contributed by atoms with Crippen molar-refractivity contribution in [3.8, 4) is 5.75 Å². The fourth-order valence-electron chi connectivity index (χ4n) is 2.10. The molecule has 1 aromatic rings. The van der Waals surface area contributed by atoms with Crippen molar-refractivity contribution in [1.29, 1.82) is 0 Å². The molecule has 88 valence electrons. The molecule has 0 radical (unpaired) electrons. The number of benzene rings is 1. The Morgan fingerprint density at radius 1 is 1.38 bits per heavy atom. The van der Waals surface area contributed by atoms with E-state index in [-0.39, 0.29) is 16.9 Å². The summed E-state index contributed by atoms with van der Waals surface area (Å²) in [6, 6.07) is 8.26. The lowest BCUT2D eigenvalue weighted by atomic mass is 9.68. The average Bonchev–Trinajstić information content (AvgIpc) is 2.29. The molecule has 0 aliphatic heterocycles. The van der Waals surface area contributed by atoms with E-state index < -0.39 is 0 Å². The number of rotatable bonds is 3. The van der Waals surface area contributed by atoms with E-state index in [2.05, 4.69) is 39.0 Å². The second-order valence-corrected chi connectivity index (χ2v) is 5.62. The van der Waals surface area contributed by atoms with Crippen LogP contribution in [0, 0.1) is 5.41 Å². The summed E-state index contributed by atoms with van der Waals surface area (Å²) in [5.74, 6) is 1.02. The van der Waals surface area contributed by atoms with E-state index in [4.69, 9.17) is 16.3 Å². The first kappa shape index (κ1) is 11.8. The number of hydrogen-bond donors (Lipinski definition) is 0. The zero-order chi connectivity index (χ0) is 11.8. The molecule has 0 saturated heterocycles. The highest BCUT2D eigenvalue weighted by molar-refractivity contribution is 6.21. The Morgan fingerprint density at radius 3 is 2.62 bits per heavy atom. The normalized spacial score (nSPS) is 27.2. The van der Waals surface area contributed by atoms with E-state index in [0.717, 1.165) is 18.6 Å². The number of halogens is 1. The molecule has 1 saturated carbocycles. The van der Waals surface area contributed by atoms with Gasteiger partial charge >= 0.3 is 0 Å². The maximum Gasteiger partial charge on any atom is 0.122 e. The third-order valence-corrected chi connectivity index (χ3v) is 4.42. The highest BCUT2D eigenvalue weighted by atomic mass is 35.5. The Labute approximate surface area is 103 Å². The van der Waals surface area contributed by atoms with Gasteiger partial charge in [0.05, 0.1) is 0 Å². The summed E-state index contributed by atoms with van der Waals surface area (Å²) < 4.78 is 6.07. The zero-order valence-corrected chi connectivity index (χ0v) is 10.9. The van der Waals surface area contributed by atoms with Gasteiger partial charge in [-0.2, -0.15) is 0 Å². The van der Waals surface area contributed by atoms with Crippen LogP contribution in [0.2, 0.25) is 0 Å². The van der Waals surface area contributed by atoms with E-state index >= 15 is 0 Å². The first-order chi connectivity index (χ1) is 7.55. The second-order valence-electron chi connectivity index (χ2n) is 5.09. The summed E-state index contributed by atoms with van der Waals surface area (Å²) in [6.45, 7) is 6.50. The molecule has 2 rings (SSSR count). The number of alkyl halides is 1. The molecular weight excluding hydrogens is 220 g/mol. The summed E-state index contributed by atoms with van der Waals surface area (Å²) in [4.78, 5) is 0. The lowest BCUT2D eigenvalue weighted by molar-refractivity contribution is -0.0135. The molecular formula is C14H19ClO. The van der Waals surface area contributed by atoms with Gasteiger partial charge in [-0.1, -0.05) is 39.0 Å². The molecule has 1 aromatic carbocycles. The van der Waals surface area contributed by atoms with Crippen molar-refractivity contribution < 1.29 is 4.74 Å². The fraction of sp³-hybridized carbons (Fsp3) is 0.571. The Bertz CT molecular complexity index is 373. The summed E-state index contributed by atoms with van der Waals surface area (Å²) in [5, 5.41) is 0.242. The highest BCUT2D eigenvalue weighted by Crippen LogP contribution is 2.46. The predicted molar refractivity (Wildman–Crippen MR) is 68.3 cm³/mol. The summed E-state index contributed by atoms with van der Waals surface area (Å²) >= 11 is 6.20. The molecule has 0 bridgehead atoms. The highest BCUT2D eigenvalue weighted by Gasteiger charge is 2.49. The smallest absolute Gasteiger partial charge is 0.122 e. The molecule has 0 amide bonds. The number of aryl methyl sites for hydroxylation is 1. The van der Waals surface area contributed by atoms with Crippen LogP contribution in [0.5, 0.6) is 5.75 Å². The fourth-order valence-corrected chi connectivity index (χ4v) is 2.40. The van der Waals surface area contributed by atoms with Gasteiger partial charge in [0.2, 0.25) is 0 Å². The molecule has 2 heteroatoms. The third kappa shape index (κ3) is 1.93. The van der Waals surface area contributed by atoms with Crippen molar-refractivity contribution in [1.82, 2.24) is 0 Å². The molecule has 1 aliphatic carbocycles. The Morgan fingerprint density at radius 2 is 2.06 bits per heavy atom. The van der Waals surface area contributed by atoms with Crippen LogP contribution in [0.3, 0.4) is 0 Å². The molecule has 0 spiro atoms. The second kappa shape index (κ2) is 4.29. The average molecular weight is 239 g/mol. The lowest BCUT2D eigenvalue weighted by Crippen LogP contribution is -2.53. The van der Waals surface area contributed by atoms with Crippen LogP contribution in [0.15, 0.2) is 24.3 Å². The molecule has 2 atom stereocenters. The van der Waals surface area contributed by atoms with Gasteiger partial charge in [0, 0.05) is 17.2 Å². The van der Waals surface area contributed by atoms with Gasteiger partial charge < -0.3 is 4.74 Å². The molecule has 16 heavy (non-hydrogen) atoms. The molecule has 0 heterocycles. The first-order valence-electron chi connectivity index (χ1n) is 5.94. The minimum Gasteiger partial charge on any atom is -0.489 e. The van der Waals surface area contributed by atoms with E-state index in [1.54, 1.807) is 0 Å². The Kier molecular flexibility index (Phi) is 3.16. The van der Waals surface area contributed by atoms with Crippen molar-refractivity contribution in [2.75, 3.05) is 0 Å². The summed E-state index contributed by atoms with van der Waals surface area (Å²) in [5.41, 5.74) is 1.36. The molecule has 2 unspecified atom stereocenters. The van der Waals surface area contributed by atoms with Crippen molar-refractivity contribution in [2.45, 2.75) is 45.1 Å². The van der Waals surface area contributed by atoms with Crippen molar-refractivity contribution in [3.05, 3.63) is 29.8 Å². The van der Waals surface area contributed by atoms with Gasteiger partial charge in [-0.25, -0.2) is 0 Å². The summed E-state index contributed by atoms with van der Waals surface area (Å²) in [6.07, 6.45) is 2.21. The van der Waals surface area contributed by atoms with Crippen LogP contribution in [-0.2, 0) is 6.42 Å². The van der Waals surface area contributed by atoms with E-state index in [9.17, 15) is 0 Å². The molecule has 1 fully saturated rings. The van der Waals surface area contributed by atoms with Crippen molar-refractivity contribution in [2.24, 2.45) is 5.41 Å². The van der Waals surface area contributed by atoms with Crippen LogP contribution in [-0.4, -0.2) is 11.5 Å². The monoisotopic (exact) mass is 238 g/mol. The van der Waals surface area contributed by atoms with Crippen molar-refractivity contribution >= 4 is 11.6 Å². The van der Waals surface area contributed by atoms with Crippen LogP contribution in [0.1, 0.15) is 32.8 Å². The van der Waals surface area contributed by atoms with Crippen LogP contribution in [0.25, 0.3) is 0 Å². The Hall–Kier alpha value is -0.690. The number of ether oxygens (including phenoxy) is 1. The maximum absolute atomic E-state index is 6.20. The van der Waals surface area contributed by atoms with Crippen LogP contribution < -0.4 is 4.74 Å². The minimum atomic E-state index is 0.0857. The van der Waals surface area contributed by atoms with E-state index in [1.807, 2.05) is 6.07 Å². The topological polar surface area (TPSA) is 9.23 Å². The van der Waals surface area contributed by atoms with Gasteiger partial charge in [0.1, 0.15) is 11.9 Å². The van der Waals surface area contributed by atoms with E-state index in [1.165, 1.54) is 5.56 Å². The van der Waals surface area contributed by atoms with Crippen LogP contribution in [0.4, 0.5) is 0 Å². The van der Waals surface area contributed by atoms with Crippen molar-refractivity contribution in [3.63, 3.8) is 0 Å². The minimum absolute atomic E-state index is 0.0857. The van der Waals surface area contributed by atoms with Gasteiger partial charge in [-0.05, 0) is 18.1 Å². The van der Waals surface area contributed by atoms with E-state index in [0.29, 0.717) is 0 Å². The lowest BCUT2D eigenvalue weighted by Gasteiger charge is -2.48. The van der Waals surface area contributed by atoms with Gasteiger partial charge in [-0.15, -0.1) is 11.6 Å². The first-order valence-corrected chi connectivity index (χ1v) is 6.38. The van der Waals surface area contributed by atoms with Gasteiger partial charge in [-0.3, -0.25) is 0 Å². The largest absolute Gasteiger partial charge is 0.489 e. The molecule has 1 aliphatic rings. The molecule has 0 N–H and O–H groups in total. The summed E-state index contributed by atoms with van der Waals surface area (Å²) in [7, 11) is 0. The standard InChI is InChI=1S/C14H19ClO/c1-4-10-7-5-6-8-11(10)16-13-9-12(15)14(13,2)3/h5-8,12-13H,4,9H2,1-3H3. The SMILES string of the molecule is CCc1ccccc1OC1CC(Cl)C1(C)C. The number of para-hydroxylation sites is 1. The zero-order valence-electron chi connectivity index (χ0n) is 10.2.